The van der Waals surface area contributed by atoms with Crippen LogP contribution in [-0.4, -0.2) is 24.4 Å². The maximum Gasteiger partial charge on any atom is 0.243 e. The van der Waals surface area contributed by atoms with E-state index in [2.05, 4.69) is 26.6 Å². The molecule has 2 amide bonds. The Morgan fingerprint density at radius 3 is 2.37 bits per heavy atom. The minimum atomic E-state index is -0.268. The van der Waals surface area contributed by atoms with Crippen LogP contribution in [0.2, 0.25) is 0 Å². The number of hydrogen-bond donors (Lipinski definition) is 3. The molecule has 0 heterocycles. The summed E-state index contributed by atoms with van der Waals surface area (Å²) in [6.45, 7) is 1.68. The fourth-order valence-corrected chi connectivity index (χ4v) is 1.55. The van der Waals surface area contributed by atoms with Gasteiger partial charge < -0.3 is 16.4 Å². The quantitative estimate of drug-likeness (QED) is 0.755. The van der Waals surface area contributed by atoms with Gasteiger partial charge in [-0.2, -0.15) is 0 Å². The van der Waals surface area contributed by atoms with Crippen LogP contribution in [0.15, 0.2) is 28.7 Å². The van der Waals surface area contributed by atoms with Crippen LogP contribution >= 0.6 is 28.3 Å². The molecule has 106 valence electrons. The fourth-order valence-electron chi connectivity index (χ4n) is 1.28. The smallest absolute Gasteiger partial charge is 0.243 e. The average Bonchev–Trinajstić information content (AvgIpc) is 2.29. The molecule has 0 fully saturated rings. The number of carbonyl (C=O) groups excluding carboxylic acids is 2. The molecule has 0 saturated heterocycles. The van der Waals surface area contributed by atoms with Crippen molar-refractivity contribution in [3.8, 4) is 0 Å². The van der Waals surface area contributed by atoms with Crippen LogP contribution in [0.4, 0.5) is 5.69 Å². The minimum Gasteiger partial charge on any atom is -0.347 e. The Bertz CT molecular complexity index is 423. The van der Waals surface area contributed by atoms with E-state index in [9.17, 15) is 9.59 Å². The summed E-state index contributed by atoms with van der Waals surface area (Å²) in [7, 11) is 0. The second-order valence-electron chi connectivity index (χ2n) is 4.01. The normalized spacial score (nSPS) is 11.1. The van der Waals surface area contributed by atoms with Gasteiger partial charge in [-0.3, -0.25) is 9.59 Å². The first-order valence-electron chi connectivity index (χ1n) is 5.55. The monoisotopic (exact) mass is 349 g/mol. The minimum absolute atomic E-state index is 0. The summed E-state index contributed by atoms with van der Waals surface area (Å²) in [4.78, 5) is 22.8. The number of rotatable bonds is 5. The van der Waals surface area contributed by atoms with Crippen molar-refractivity contribution in [3.63, 3.8) is 0 Å². The molecule has 0 aromatic heterocycles. The summed E-state index contributed by atoms with van der Waals surface area (Å²) in [6, 6.07) is 6.98. The third-order valence-electron chi connectivity index (χ3n) is 2.08. The summed E-state index contributed by atoms with van der Waals surface area (Å²) in [6.07, 6.45) is 0.214. The first-order valence-corrected chi connectivity index (χ1v) is 6.34. The largest absolute Gasteiger partial charge is 0.347 e. The molecule has 5 nitrogen and oxygen atoms in total. The van der Waals surface area contributed by atoms with E-state index in [4.69, 9.17) is 5.73 Å². The van der Waals surface area contributed by atoms with Crippen molar-refractivity contribution in [1.82, 2.24) is 5.32 Å². The Kier molecular flexibility index (Phi) is 8.38. The number of carbonyl (C=O) groups is 2. The van der Waals surface area contributed by atoms with Crippen molar-refractivity contribution in [3.05, 3.63) is 28.7 Å². The third-order valence-corrected chi connectivity index (χ3v) is 2.61. The van der Waals surface area contributed by atoms with E-state index in [0.29, 0.717) is 5.69 Å². The highest BCUT2D eigenvalue weighted by Crippen LogP contribution is 2.13. The summed E-state index contributed by atoms with van der Waals surface area (Å²) in [5.74, 6) is -0.494. The second-order valence-corrected chi connectivity index (χ2v) is 4.93. The van der Waals surface area contributed by atoms with E-state index < -0.39 is 0 Å². The third kappa shape index (κ3) is 7.81. The van der Waals surface area contributed by atoms with E-state index in [1.165, 1.54) is 0 Å². The van der Waals surface area contributed by atoms with Gasteiger partial charge in [0.1, 0.15) is 0 Å². The van der Waals surface area contributed by atoms with Crippen LogP contribution in [0.1, 0.15) is 13.3 Å². The lowest BCUT2D eigenvalue weighted by Crippen LogP contribution is -2.35. The summed E-state index contributed by atoms with van der Waals surface area (Å²) < 4.78 is 0.936. The van der Waals surface area contributed by atoms with Crippen LogP contribution in [-0.2, 0) is 9.59 Å². The number of amides is 2. The molecule has 1 unspecified atom stereocenters. The highest BCUT2D eigenvalue weighted by atomic mass is 79.9. The maximum absolute atomic E-state index is 11.5. The maximum atomic E-state index is 11.5. The van der Waals surface area contributed by atoms with Crippen molar-refractivity contribution >= 4 is 45.8 Å². The highest BCUT2D eigenvalue weighted by Gasteiger charge is 2.07. The van der Waals surface area contributed by atoms with Gasteiger partial charge in [0.05, 0.1) is 6.54 Å². The average molecular weight is 351 g/mol. The second kappa shape index (κ2) is 8.90. The predicted octanol–water partition coefficient (Wildman–Crippen LogP) is 1.66. The van der Waals surface area contributed by atoms with Crippen LogP contribution in [0.25, 0.3) is 0 Å². The molecule has 0 aliphatic carbocycles. The number of nitrogens with two attached hydrogens (primary N) is 1. The van der Waals surface area contributed by atoms with Gasteiger partial charge in [0.25, 0.3) is 0 Å². The SMILES string of the molecule is CC(N)CC(=O)NCC(=O)Nc1ccc(Br)cc1.Cl. The first-order chi connectivity index (χ1) is 8.47. The van der Waals surface area contributed by atoms with Gasteiger partial charge in [0.15, 0.2) is 0 Å². The van der Waals surface area contributed by atoms with E-state index in [-0.39, 0.29) is 43.2 Å². The molecule has 1 atom stereocenters. The summed E-state index contributed by atoms with van der Waals surface area (Å²) >= 11 is 3.30. The van der Waals surface area contributed by atoms with Gasteiger partial charge in [-0.1, -0.05) is 15.9 Å². The van der Waals surface area contributed by atoms with Gasteiger partial charge >= 0.3 is 0 Å². The Morgan fingerprint density at radius 2 is 1.84 bits per heavy atom. The molecule has 0 radical (unpaired) electrons. The Labute approximate surface area is 126 Å². The molecule has 19 heavy (non-hydrogen) atoms. The zero-order valence-corrected chi connectivity index (χ0v) is 12.9. The van der Waals surface area contributed by atoms with E-state index in [1.54, 1.807) is 19.1 Å². The van der Waals surface area contributed by atoms with Gasteiger partial charge in [0, 0.05) is 22.6 Å². The number of hydrogen-bond acceptors (Lipinski definition) is 3. The van der Waals surface area contributed by atoms with Crippen molar-refractivity contribution in [2.75, 3.05) is 11.9 Å². The van der Waals surface area contributed by atoms with E-state index in [1.807, 2.05) is 12.1 Å². The number of benzene rings is 1. The zero-order chi connectivity index (χ0) is 13.5. The molecular formula is C12H17BrClN3O2. The summed E-state index contributed by atoms with van der Waals surface area (Å²) in [5, 5.41) is 5.18. The van der Waals surface area contributed by atoms with Crippen molar-refractivity contribution in [2.45, 2.75) is 19.4 Å². The van der Waals surface area contributed by atoms with Crippen LogP contribution in [0.3, 0.4) is 0 Å². The topological polar surface area (TPSA) is 84.2 Å². The van der Waals surface area contributed by atoms with Crippen LogP contribution < -0.4 is 16.4 Å². The summed E-state index contributed by atoms with van der Waals surface area (Å²) in [5.41, 5.74) is 6.16. The highest BCUT2D eigenvalue weighted by molar-refractivity contribution is 9.10. The van der Waals surface area contributed by atoms with Crippen molar-refractivity contribution in [2.24, 2.45) is 5.73 Å². The predicted molar refractivity (Wildman–Crippen MR) is 81.3 cm³/mol. The van der Waals surface area contributed by atoms with E-state index >= 15 is 0 Å². The standard InChI is InChI=1S/C12H16BrN3O2.ClH/c1-8(14)6-11(17)15-7-12(18)16-10-4-2-9(13)3-5-10;/h2-5,8H,6-7,14H2,1H3,(H,15,17)(H,16,18);1H. The van der Waals surface area contributed by atoms with Crippen LogP contribution in [0, 0.1) is 0 Å². The molecule has 1 aromatic rings. The van der Waals surface area contributed by atoms with Gasteiger partial charge in [-0.25, -0.2) is 0 Å². The lowest BCUT2D eigenvalue weighted by Gasteiger charge is -2.08. The lowest BCUT2D eigenvalue weighted by atomic mass is 10.2. The number of nitrogens with one attached hydrogen (secondary N) is 2. The molecule has 0 saturated carbocycles. The first kappa shape index (κ1) is 17.9. The van der Waals surface area contributed by atoms with Gasteiger partial charge in [-0.15, -0.1) is 12.4 Å². The van der Waals surface area contributed by atoms with Crippen molar-refractivity contribution in [1.29, 1.82) is 0 Å². The molecule has 0 spiro atoms. The van der Waals surface area contributed by atoms with Gasteiger partial charge in [0.2, 0.25) is 11.8 Å². The number of halogens is 2. The molecule has 1 aromatic carbocycles. The molecule has 4 N–H and O–H groups in total. The zero-order valence-electron chi connectivity index (χ0n) is 10.5. The molecular weight excluding hydrogens is 334 g/mol. The molecule has 0 aliphatic rings. The molecule has 7 heteroatoms. The molecule has 0 aliphatic heterocycles. The van der Waals surface area contributed by atoms with Crippen LogP contribution in [0.5, 0.6) is 0 Å². The Balaban J connectivity index is 0.00000324. The van der Waals surface area contributed by atoms with Crippen molar-refractivity contribution < 1.29 is 9.59 Å². The number of anilines is 1. The Morgan fingerprint density at radius 1 is 1.26 bits per heavy atom. The molecule has 0 bridgehead atoms. The fraction of sp³-hybridized carbons (Fsp3) is 0.333. The Hall–Kier alpha value is -1.11. The van der Waals surface area contributed by atoms with E-state index in [0.717, 1.165) is 4.47 Å². The molecule has 1 rings (SSSR count). The lowest BCUT2D eigenvalue weighted by molar-refractivity contribution is -0.124. The van der Waals surface area contributed by atoms with Gasteiger partial charge in [-0.05, 0) is 31.2 Å².